The summed E-state index contributed by atoms with van der Waals surface area (Å²) < 4.78 is 48.5. The van der Waals surface area contributed by atoms with Gasteiger partial charge in [0.2, 0.25) is 0 Å². The Morgan fingerprint density at radius 2 is 2.00 bits per heavy atom. The van der Waals surface area contributed by atoms with Crippen LogP contribution in [0.1, 0.15) is 24.1 Å². The first-order valence-electron chi connectivity index (χ1n) is 9.83. The van der Waals surface area contributed by atoms with Crippen LogP contribution in [0, 0.1) is 6.92 Å². The molecule has 2 aliphatic rings. The molecule has 3 heterocycles. The van der Waals surface area contributed by atoms with Crippen LogP contribution in [0.4, 0.5) is 0 Å². The van der Waals surface area contributed by atoms with Gasteiger partial charge < -0.3 is 14.2 Å². The molecule has 0 amide bonds. The van der Waals surface area contributed by atoms with Gasteiger partial charge in [-0.05, 0) is 31.9 Å². The fourth-order valence-corrected chi connectivity index (χ4v) is 4.36. The van der Waals surface area contributed by atoms with Gasteiger partial charge in [-0.3, -0.25) is 13.5 Å². The van der Waals surface area contributed by atoms with E-state index in [2.05, 4.69) is 4.98 Å². The molecular weight excluding hydrogens is 412 g/mol. The zero-order valence-electron chi connectivity index (χ0n) is 16.7. The van der Waals surface area contributed by atoms with Gasteiger partial charge in [-0.25, -0.2) is 0 Å². The third kappa shape index (κ3) is 4.89. The molecule has 30 heavy (non-hydrogen) atoms. The zero-order valence-corrected chi connectivity index (χ0v) is 17.5. The van der Waals surface area contributed by atoms with Crippen molar-refractivity contribution in [2.75, 3.05) is 19.8 Å². The second-order valence-electron chi connectivity index (χ2n) is 7.42. The van der Waals surface area contributed by atoms with E-state index in [0.29, 0.717) is 18.8 Å². The van der Waals surface area contributed by atoms with E-state index in [1.54, 1.807) is 16.7 Å². The number of hydrogen-bond donors (Lipinski definition) is 0. The molecule has 9 nitrogen and oxygen atoms in total. The Morgan fingerprint density at radius 1 is 1.20 bits per heavy atom. The van der Waals surface area contributed by atoms with Crippen molar-refractivity contribution in [1.29, 1.82) is 0 Å². The van der Waals surface area contributed by atoms with Gasteiger partial charge in [-0.2, -0.15) is 13.4 Å². The molecule has 2 atom stereocenters. The van der Waals surface area contributed by atoms with Crippen LogP contribution in [-0.4, -0.2) is 50.0 Å². The maximum atomic E-state index is 12.4. The molecule has 10 heteroatoms. The van der Waals surface area contributed by atoms with Crippen LogP contribution < -0.4 is 10.3 Å². The summed E-state index contributed by atoms with van der Waals surface area (Å²) in [5, 5.41) is 0. The first-order valence-corrected chi connectivity index (χ1v) is 11.2. The third-order valence-corrected chi connectivity index (χ3v) is 6.32. The minimum Gasteiger partial charge on any atom is -0.457 e. The SMILES string of the molecule is Cc1ccc(S(=O)(=O)OCC2Cn3c(COCC4CCCO4)cc(=O)nc3O2)cc1. The summed E-state index contributed by atoms with van der Waals surface area (Å²) >= 11 is 0. The Morgan fingerprint density at radius 3 is 2.73 bits per heavy atom. The van der Waals surface area contributed by atoms with Gasteiger partial charge >= 0.3 is 6.01 Å². The van der Waals surface area contributed by atoms with Crippen LogP contribution in [-0.2, 0) is 36.9 Å². The van der Waals surface area contributed by atoms with Crippen LogP contribution in [0.25, 0.3) is 0 Å². The monoisotopic (exact) mass is 436 g/mol. The van der Waals surface area contributed by atoms with E-state index in [9.17, 15) is 13.2 Å². The maximum absolute atomic E-state index is 12.4. The molecule has 1 aromatic heterocycles. The summed E-state index contributed by atoms with van der Waals surface area (Å²) in [5.41, 5.74) is 1.13. The van der Waals surface area contributed by atoms with Gasteiger partial charge in [0.15, 0.2) is 0 Å². The highest BCUT2D eigenvalue weighted by Gasteiger charge is 2.28. The molecule has 0 bridgehead atoms. The van der Waals surface area contributed by atoms with Crippen molar-refractivity contribution in [2.45, 2.75) is 50.0 Å². The van der Waals surface area contributed by atoms with E-state index in [4.69, 9.17) is 18.4 Å². The van der Waals surface area contributed by atoms with E-state index in [1.807, 2.05) is 6.92 Å². The molecule has 2 aromatic rings. The number of nitrogens with zero attached hydrogens (tertiary/aromatic N) is 2. The molecule has 0 saturated carbocycles. The summed E-state index contributed by atoms with van der Waals surface area (Å²) in [6, 6.07) is 7.94. The summed E-state index contributed by atoms with van der Waals surface area (Å²) in [4.78, 5) is 15.8. The topological polar surface area (TPSA) is 106 Å². The molecule has 0 aliphatic carbocycles. The smallest absolute Gasteiger partial charge is 0.300 e. The predicted molar refractivity (Wildman–Crippen MR) is 106 cm³/mol. The van der Waals surface area contributed by atoms with E-state index in [1.165, 1.54) is 18.2 Å². The van der Waals surface area contributed by atoms with Crippen LogP contribution in [0.5, 0.6) is 6.01 Å². The van der Waals surface area contributed by atoms with Gasteiger partial charge in [0, 0.05) is 12.7 Å². The highest BCUT2D eigenvalue weighted by atomic mass is 32.2. The van der Waals surface area contributed by atoms with Crippen molar-refractivity contribution in [3.63, 3.8) is 0 Å². The molecule has 2 unspecified atom stereocenters. The van der Waals surface area contributed by atoms with Crippen molar-refractivity contribution in [2.24, 2.45) is 0 Å². The van der Waals surface area contributed by atoms with Gasteiger partial charge in [0.25, 0.3) is 15.7 Å². The molecule has 1 fully saturated rings. The van der Waals surface area contributed by atoms with Crippen molar-refractivity contribution >= 4 is 10.1 Å². The zero-order chi connectivity index (χ0) is 21.1. The van der Waals surface area contributed by atoms with Crippen LogP contribution in [0.15, 0.2) is 40.0 Å². The Labute approximate surface area is 174 Å². The quantitative estimate of drug-likeness (QED) is 0.572. The van der Waals surface area contributed by atoms with Gasteiger partial charge in [-0.1, -0.05) is 17.7 Å². The van der Waals surface area contributed by atoms with E-state index in [-0.39, 0.29) is 30.2 Å². The van der Waals surface area contributed by atoms with Gasteiger partial charge in [0.1, 0.15) is 12.7 Å². The first kappa shape index (κ1) is 21.0. The van der Waals surface area contributed by atoms with Crippen LogP contribution in [0.3, 0.4) is 0 Å². The second kappa shape index (κ2) is 8.84. The Balaban J connectivity index is 1.37. The summed E-state index contributed by atoms with van der Waals surface area (Å²) in [6.45, 7) is 3.41. The molecule has 1 saturated heterocycles. The average molecular weight is 436 g/mol. The lowest BCUT2D eigenvalue weighted by molar-refractivity contribution is 0.00873. The fourth-order valence-electron chi connectivity index (χ4n) is 3.42. The number of benzene rings is 1. The normalized spacial score (nSPS) is 20.8. The fraction of sp³-hybridized carbons (Fsp3) is 0.500. The standard InChI is InChI=1S/C20H24N2O7S/c1-14-4-6-18(7-5-14)30(24,25)28-13-17-10-22-15(9-19(23)21-20(22)29-17)11-26-12-16-3-2-8-27-16/h4-7,9,16-17H,2-3,8,10-13H2,1H3. The second-order valence-corrected chi connectivity index (χ2v) is 9.04. The molecule has 162 valence electrons. The summed E-state index contributed by atoms with van der Waals surface area (Å²) in [5.74, 6) is 0. The number of aryl methyl sites for hydroxylation is 1. The highest BCUT2D eigenvalue weighted by Crippen LogP contribution is 2.22. The van der Waals surface area contributed by atoms with Crippen LogP contribution in [0.2, 0.25) is 0 Å². The highest BCUT2D eigenvalue weighted by molar-refractivity contribution is 7.86. The number of aromatic nitrogens is 2. The number of rotatable bonds is 8. The van der Waals surface area contributed by atoms with E-state index >= 15 is 0 Å². The van der Waals surface area contributed by atoms with Crippen LogP contribution >= 0.6 is 0 Å². The van der Waals surface area contributed by atoms with Crippen molar-refractivity contribution < 1.29 is 26.8 Å². The molecule has 4 rings (SSSR count). The van der Waals surface area contributed by atoms with E-state index < -0.39 is 21.8 Å². The van der Waals surface area contributed by atoms with Crippen molar-refractivity contribution in [3.05, 3.63) is 51.9 Å². The minimum absolute atomic E-state index is 0.0828. The Kier molecular flexibility index (Phi) is 6.19. The van der Waals surface area contributed by atoms with Gasteiger partial charge in [0.05, 0.1) is 36.5 Å². The predicted octanol–water partition coefficient (Wildman–Crippen LogP) is 1.41. The van der Waals surface area contributed by atoms with E-state index in [0.717, 1.165) is 25.0 Å². The molecule has 0 N–H and O–H groups in total. The molecular formula is C20H24N2O7S. The lowest BCUT2D eigenvalue weighted by Gasteiger charge is -2.12. The van der Waals surface area contributed by atoms with Gasteiger partial charge in [-0.15, -0.1) is 0 Å². The lowest BCUT2D eigenvalue weighted by atomic mass is 10.2. The lowest BCUT2D eigenvalue weighted by Crippen LogP contribution is -2.24. The Bertz CT molecular complexity index is 1040. The average Bonchev–Trinajstić information content (AvgIpc) is 3.36. The first-order chi connectivity index (χ1) is 14.4. The van der Waals surface area contributed by atoms with Crippen molar-refractivity contribution in [3.8, 4) is 6.01 Å². The molecule has 1 aromatic carbocycles. The van der Waals surface area contributed by atoms with Crippen molar-refractivity contribution in [1.82, 2.24) is 9.55 Å². The Hall–Kier alpha value is -2.27. The number of hydrogen-bond acceptors (Lipinski definition) is 8. The number of fused-ring (bicyclic) bond motifs is 1. The summed E-state index contributed by atoms with van der Waals surface area (Å²) in [7, 11) is -3.90. The summed E-state index contributed by atoms with van der Waals surface area (Å²) in [6.07, 6.45) is 1.49. The maximum Gasteiger partial charge on any atom is 0.300 e. The minimum atomic E-state index is -3.90. The molecule has 0 spiro atoms. The molecule has 2 aliphatic heterocycles. The molecule has 0 radical (unpaired) electrons. The third-order valence-electron chi connectivity index (χ3n) is 5.03. The number of ether oxygens (including phenoxy) is 3. The largest absolute Gasteiger partial charge is 0.457 e.